The predicted octanol–water partition coefficient (Wildman–Crippen LogP) is 5.42. The van der Waals surface area contributed by atoms with Gasteiger partial charge in [0.2, 0.25) is 11.7 Å². The van der Waals surface area contributed by atoms with Crippen molar-refractivity contribution in [3.8, 4) is 17.2 Å². The van der Waals surface area contributed by atoms with Crippen LogP contribution in [0.4, 0.5) is 9.59 Å². The first-order chi connectivity index (χ1) is 22.0. The molecule has 1 saturated heterocycles. The number of fused-ring (bicyclic) bond motifs is 3. The quantitative estimate of drug-likeness (QED) is 0.206. The van der Waals surface area contributed by atoms with Gasteiger partial charge in [-0.3, -0.25) is 9.59 Å². The van der Waals surface area contributed by atoms with Crippen LogP contribution in [0.15, 0.2) is 48.5 Å². The summed E-state index contributed by atoms with van der Waals surface area (Å²) in [5.41, 5.74) is 3.78. The van der Waals surface area contributed by atoms with Crippen molar-refractivity contribution in [2.45, 2.75) is 83.4 Å². The molecule has 4 rings (SSSR count). The Morgan fingerprint density at radius 2 is 1.54 bits per heavy atom. The fourth-order valence-electron chi connectivity index (χ4n) is 5.70. The first-order valence-corrected chi connectivity index (χ1v) is 17.4. The van der Waals surface area contributed by atoms with E-state index in [1.165, 1.54) is 6.92 Å². The van der Waals surface area contributed by atoms with E-state index in [1.54, 1.807) is 20.8 Å². The van der Waals surface area contributed by atoms with Crippen molar-refractivity contribution in [3.05, 3.63) is 59.7 Å². The third-order valence-corrected chi connectivity index (χ3v) is 10.4. The van der Waals surface area contributed by atoms with Crippen LogP contribution in [0.5, 0.6) is 0 Å². The van der Waals surface area contributed by atoms with E-state index in [0.717, 1.165) is 46.6 Å². The van der Waals surface area contributed by atoms with Gasteiger partial charge in [0.1, 0.15) is 29.2 Å². The minimum absolute atomic E-state index is 0.107. The van der Waals surface area contributed by atoms with E-state index < -0.39 is 46.3 Å². The van der Waals surface area contributed by atoms with E-state index in [4.69, 9.17) is 9.47 Å². The molecule has 2 aliphatic rings. The minimum atomic E-state index is -0.987. The highest BCUT2D eigenvalue weighted by Crippen LogP contribution is 2.44. The molecule has 10 nitrogen and oxygen atoms in total. The molecule has 3 N–H and O–H groups in total. The Morgan fingerprint density at radius 1 is 0.935 bits per heavy atom. The molecule has 0 radical (unpaired) electrons. The smallest absolute Gasteiger partial charge is 0.407 e. The summed E-state index contributed by atoms with van der Waals surface area (Å²) in [4.78, 5) is 51.7. The Labute approximate surface area is 273 Å². The number of carbonyl (C=O) groups excluding carboxylic acids is 4. The fraction of sp³-hybridized carbons (Fsp3) is 0.486. The van der Waals surface area contributed by atoms with Crippen LogP contribution in [0.3, 0.4) is 0 Å². The Kier molecular flexibility index (Phi) is 12.0. The molecule has 3 amide bonds. The number of nitrogens with zero attached hydrogens (tertiary/aromatic N) is 1. The van der Waals surface area contributed by atoms with Gasteiger partial charge in [-0.2, -0.15) is 15.7 Å². The van der Waals surface area contributed by atoms with E-state index in [0.29, 0.717) is 19.4 Å². The number of rotatable bonds is 12. The van der Waals surface area contributed by atoms with Crippen LogP contribution >= 0.6 is 10.5 Å². The second-order valence-electron chi connectivity index (χ2n) is 12.6. The molecule has 46 heavy (non-hydrogen) atoms. The number of benzene rings is 2. The molecule has 0 saturated carbocycles. The number of Topliss-reactive ketones (excluding diaryl/α,β-unsaturated/α-hetero) is 1. The molecule has 2 aromatic rings. The van der Waals surface area contributed by atoms with Gasteiger partial charge in [0.15, 0.2) is 0 Å². The first kappa shape index (κ1) is 34.7. The van der Waals surface area contributed by atoms with Gasteiger partial charge in [-0.05, 0) is 93.6 Å². The molecule has 1 aliphatic carbocycles. The number of hydrogen-bond acceptors (Lipinski definition) is 7. The number of unbranched alkanes of at least 4 members (excludes halogenated alkanes) is 1. The summed E-state index contributed by atoms with van der Waals surface area (Å²) in [5, 5.41) is 17.9. The zero-order valence-corrected chi connectivity index (χ0v) is 27.8. The average Bonchev–Trinajstić information content (AvgIpc) is 3.65. The van der Waals surface area contributed by atoms with Crippen LogP contribution in [0.2, 0.25) is 0 Å². The summed E-state index contributed by atoms with van der Waals surface area (Å²) in [6.45, 7) is 7.31. The maximum absolute atomic E-state index is 13.6. The van der Waals surface area contributed by atoms with Crippen LogP contribution in [-0.2, 0) is 19.1 Å². The van der Waals surface area contributed by atoms with Gasteiger partial charge in [-0.25, -0.2) is 9.59 Å². The summed E-state index contributed by atoms with van der Waals surface area (Å²) < 4.78 is 10.8. The van der Waals surface area contributed by atoms with Crippen LogP contribution < -0.4 is 16.0 Å². The van der Waals surface area contributed by atoms with Crippen LogP contribution in [0, 0.1) is 11.3 Å². The zero-order chi connectivity index (χ0) is 33.3. The van der Waals surface area contributed by atoms with Crippen LogP contribution in [0.1, 0.15) is 76.8 Å². The molecule has 0 unspecified atom stereocenters. The largest absolute Gasteiger partial charge is 0.449 e. The molecule has 11 heteroatoms. The Hall–Kier alpha value is -4.17. The normalized spacial score (nSPS) is 15.5. The molecule has 0 aromatic heterocycles. The summed E-state index contributed by atoms with van der Waals surface area (Å²) in [5.74, 6) is 0.551. The monoisotopic (exact) mass is 648 g/mol. The number of ketones is 1. The second-order valence-corrected chi connectivity index (χ2v) is 14.8. The molecule has 1 heterocycles. The molecule has 1 fully saturated rings. The maximum Gasteiger partial charge on any atom is 0.407 e. The molecular formula is C35H44N4O6S. The van der Waals surface area contributed by atoms with Crippen molar-refractivity contribution in [1.82, 2.24) is 16.0 Å². The molecule has 246 valence electrons. The third kappa shape index (κ3) is 9.19. The Morgan fingerprint density at radius 3 is 2.13 bits per heavy atom. The van der Waals surface area contributed by atoms with Crippen molar-refractivity contribution in [1.29, 1.82) is 5.26 Å². The van der Waals surface area contributed by atoms with Gasteiger partial charge >= 0.3 is 12.2 Å². The lowest BCUT2D eigenvalue weighted by Crippen LogP contribution is -2.51. The molecule has 0 spiro atoms. The minimum Gasteiger partial charge on any atom is -0.449 e. The highest BCUT2D eigenvalue weighted by Gasteiger charge is 2.31. The Bertz CT molecular complexity index is 1470. The van der Waals surface area contributed by atoms with Crippen LogP contribution in [0.25, 0.3) is 11.1 Å². The van der Waals surface area contributed by atoms with E-state index in [2.05, 4.69) is 34.2 Å². The summed E-state index contributed by atoms with van der Waals surface area (Å²) in [6.07, 6.45) is 2.00. The summed E-state index contributed by atoms with van der Waals surface area (Å²) in [7, 11) is -0.420. The van der Waals surface area contributed by atoms with Crippen molar-refractivity contribution >= 4 is 39.2 Å². The number of nitriles is 1. The number of nitrogens with one attached hydrogen (secondary N) is 3. The average molecular weight is 649 g/mol. The number of hydrogen-bond donors (Lipinski definition) is 3. The number of alkyl carbamates (subject to hydrolysis) is 2. The lowest BCUT2D eigenvalue weighted by Gasteiger charge is -2.22. The Balaban J connectivity index is 1.34. The van der Waals surface area contributed by atoms with Gasteiger partial charge in [0, 0.05) is 12.5 Å². The topological polar surface area (TPSA) is 147 Å². The molecule has 2 atom stereocenters. The van der Waals surface area contributed by atoms with E-state index >= 15 is 0 Å². The van der Waals surface area contributed by atoms with Gasteiger partial charge < -0.3 is 25.4 Å². The molecule has 1 aliphatic heterocycles. The maximum atomic E-state index is 13.6. The fourth-order valence-corrected chi connectivity index (χ4v) is 7.98. The SMILES string of the molecule is C[C@@H](NC(=O)OCC1c2ccccc2-c2ccccc21)C(=O)N[C@@H](CCCCNC(=O)OC(C)(C)C)C(=O)C(C#N)=S1CCCC1. The van der Waals surface area contributed by atoms with Gasteiger partial charge in [-0.1, -0.05) is 48.5 Å². The van der Waals surface area contributed by atoms with E-state index in [1.807, 2.05) is 36.4 Å². The predicted molar refractivity (Wildman–Crippen MR) is 180 cm³/mol. The van der Waals surface area contributed by atoms with E-state index in [9.17, 15) is 24.4 Å². The second kappa shape index (κ2) is 15.9. The lowest BCUT2D eigenvalue weighted by molar-refractivity contribution is -0.126. The van der Waals surface area contributed by atoms with Crippen LogP contribution in [-0.4, -0.2) is 71.1 Å². The number of ether oxygens (including phenoxy) is 2. The van der Waals surface area contributed by atoms with Crippen molar-refractivity contribution in [2.24, 2.45) is 0 Å². The highest BCUT2D eigenvalue weighted by molar-refractivity contribution is 8.17. The first-order valence-electron chi connectivity index (χ1n) is 15.9. The lowest BCUT2D eigenvalue weighted by atomic mass is 9.98. The van der Waals surface area contributed by atoms with Gasteiger partial charge in [0.25, 0.3) is 0 Å². The third-order valence-electron chi connectivity index (χ3n) is 7.94. The highest BCUT2D eigenvalue weighted by atomic mass is 32.2. The van der Waals surface area contributed by atoms with E-state index in [-0.39, 0.29) is 29.6 Å². The molecule has 2 aromatic carbocycles. The van der Waals surface area contributed by atoms with Crippen molar-refractivity contribution in [3.63, 3.8) is 0 Å². The molecular weight excluding hydrogens is 604 g/mol. The molecule has 0 bridgehead atoms. The summed E-state index contributed by atoms with van der Waals surface area (Å²) in [6, 6.07) is 16.3. The van der Waals surface area contributed by atoms with Crippen molar-refractivity contribution in [2.75, 3.05) is 24.7 Å². The van der Waals surface area contributed by atoms with Gasteiger partial charge in [-0.15, -0.1) is 0 Å². The van der Waals surface area contributed by atoms with Gasteiger partial charge in [0.05, 0.1) is 6.04 Å². The zero-order valence-electron chi connectivity index (χ0n) is 27.0. The number of carbonyl (C=O) groups is 4. The standard InChI is InChI=1S/C35H44N4O6S/c1-23(38-34(43)44-22-28-26-15-7-5-13-24(26)25-14-6-8-16-27(25)28)32(41)39-29(31(40)30(21-36)46-19-11-12-20-46)17-9-10-18-37-33(42)45-35(2,3)4/h5-8,13-16,23,28-29H,9-12,17-20,22H2,1-4H3,(H,37,42)(H,38,43)(H,39,41)/t23-,29+/m1/s1. The number of amides is 3. The van der Waals surface area contributed by atoms with Crippen molar-refractivity contribution < 1.29 is 28.7 Å². The summed E-state index contributed by atoms with van der Waals surface area (Å²) >= 11 is 0.